The third kappa shape index (κ3) is 2.66. The highest BCUT2D eigenvalue weighted by molar-refractivity contribution is 7.18. The maximum Gasteiger partial charge on any atom is 0.413 e. The molecule has 7 nitrogen and oxygen atoms in total. The van der Waals surface area contributed by atoms with Gasteiger partial charge in [-0.1, -0.05) is 0 Å². The van der Waals surface area contributed by atoms with E-state index in [1.807, 2.05) is 0 Å². The highest BCUT2D eigenvalue weighted by Crippen LogP contribution is 2.24. The molecule has 1 heterocycles. The van der Waals surface area contributed by atoms with Gasteiger partial charge < -0.3 is 4.74 Å². The van der Waals surface area contributed by atoms with Crippen LogP contribution in [0.1, 0.15) is 6.92 Å². The van der Waals surface area contributed by atoms with Gasteiger partial charge in [0.05, 0.1) is 11.5 Å². The third-order valence-corrected chi connectivity index (χ3v) is 2.02. The van der Waals surface area contributed by atoms with Crippen molar-refractivity contribution in [1.29, 1.82) is 0 Å². The molecule has 0 radical (unpaired) electrons. The second kappa shape index (κ2) is 4.51. The molecule has 1 aromatic heterocycles. The maximum atomic E-state index is 10.9. The van der Waals surface area contributed by atoms with Gasteiger partial charge in [-0.2, -0.15) is 0 Å². The lowest BCUT2D eigenvalue weighted by Crippen LogP contribution is -2.12. The fraction of sp³-hybridized carbons (Fsp3) is 0.333. The number of hydrogen-bond donors (Lipinski definition) is 1. The molecule has 0 bridgehead atoms. The van der Waals surface area contributed by atoms with E-state index >= 15 is 0 Å². The molecule has 0 fully saturated rings. The summed E-state index contributed by atoms with van der Waals surface area (Å²) >= 11 is 0.773. The van der Waals surface area contributed by atoms with Crippen LogP contribution < -0.4 is 5.32 Å². The highest BCUT2D eigenvalue weighted by Gasteiger charge is 2.13. The number of nitrogens with zero attached hydrogens (tertiary/aromatic N) is 2. The number of ether oxygens (including phenoxy) is 1. The Kier molecular flexibility index (Phi) is 3.35. The Balaban J connectivity index is 2.59. The van der Waals surface area contributed by atoms with Gasteiger partial charge in [-0.05, 0) is 18.3 Å². The zero-order chi connectivity index (χ0) is 10.6. The van der Waals surface area contributed by atoms with E-state index in [4.69, 9.17) is 0 Å². The Morgan fingerprint density at radius 3 is 3.07 bits per heavy atom. The molecule has 14 heavy (non-hydrogen) atoms. The van der Waals surface area contributed by atoms with E-state index in [9.17, 15) is 14.9 Å². The number of amides is 1. The first-order chi connectivity index (χ1) is 6.63. The number of anilines is 1. The minimum Gasteiger partial charge on any atom is -0.450 e. The molecule has 0 aromatic carbocycles. The van der Waals surface area contributed by atoms with Gasteiger partial charge in [-0.3, -0.25) is 15.4 Å². The lowest BCUT2D eigenvalue weighted by Gasteiger charge is -1.99. The first-order valence-corrected chi connectivity index (χ1v) is 4.49. The molecular weight excluding hydrogens is 210 g/mol. The van der Waals surface area contributed by atoms with E-state index in [-0.39, 0.29) is 16.7 Å². The van der Waals surface area contributed by atoms with Crippen LogP contribution in [0.4, 0.5) is 14.9 Å². The number of carbonyl (C=O) groups is 1. The summed E-state index contributed by atoms with van der Waals surface area (Å²) < 4.78 is 4.56. The molecule has 0 aliphatic carbocycles. The van der Waals surface area contributed by atoms with Gasteiger partial charge in [-0.25, -0.2) is 9.78 Å². The molecule has 1 rings (SSSR count). The van der Waals surface area contributed by atoms with E-state index in [2.05, 4.69) is 15.0 Å². The summed E-state index contributed by atoms with van der Waals surface area (Å²) in [6, 6.07) is 0. The first-order valence-electron chi connectivity index (χ1n) is 3.67. The molecule has 0 aliphatic heterocycles. The number of nitrogens with one attached hydrogen (secondary N) is 1. The van der Waals surface area contributed by atoms with Crippen molar-refractivity contribution in [3.8, 4) is 0 Å². The van der Waals surface area contributed by atoms with Crippen LogP contribution in [0.15, 0.2) is 6.20 Å². The van der Waals surface area contributed by atoms with Gasteiger partial charge in [0.1, 0.15) is 6.20 Å². The number of nitro groups is 1. The maximum absolute atomic E-state index is 10.9. The minimum absolute atomic E-state index is 0.128. The fourth-order valence-electron chi connectivity index (χ4n) is 0.662. The fourth-order valence-corrected chi connectivity index (χ4v) is 1.28. The number of carbonyl (C=O) groups excluding carboxylic acids is 1. The van der Waals surface area contributed by atoms with E-state index in [1.165, 1.54) is 0 Å². The van der Waals surface area contributed by atoms with Gasteiger partial charge in [-0.15, -0.1) is 0 Å². The summed E-state index contributed by atoms with van der Waals surface area (Å²) in [4.78, 5) is 24.2. The van der Waals surface area contributed by atoms with Crippen molar-refractivity contribution in [2.24, 2.45) is 0 Å². The van der Waals surface area contributed by atoms with Crippen LogP contribution in [-0.4, -0.2) is 22.6 Å². The number of aromatic nitrogens is 1. The van der Waals surface area contributed by atoms with Crippen LogP contribution in [-0.2, 0) is 4.74 Å². The molecule has 1 amide bonds. The number of hydrogen-bond acceptors (Lipinski definition) is 6. The molecule has 76 valence electrons. The Bertz CT molecular complexity index is 351. The third-order valence-electron chi connectivity index (χ3n) is 1.16. The monoisotopic (exact) mass is 217 g/mol. The van der Waals surface area contributed by atoms with Gasteiger partial charge in [0.15, 0.2) is 5.13 Å². The Hall–Kier alpha value is -1.70. The summed E-state index contributed by atoms with van der Waals surface area (Å²) in [5, 5.41) is 12.5. The van der Waals surface area contributed by atoms with Gasteiger partial charge in [0, 0.05) is 0 Å². The quantitative estimate of drug-likeness (QED) is 0.613. The van der Waals surface area contributed by atoms with Crippen LogP contribution in [0.25, 0.3) is 0 Å². The normalized spacial score (nSPS) is 9.50. The average molecular weight is 217 g/mol. The second-order valence-corrected chi connectivity index (χ2v) is 3.12. The molecule has 0 aliphatic rings. The molecule has 0 atom stereocenters. The van der Waals surface area contributed by atoms with Crippen LogP contribution in [0.3, 0.4) is 0 Å². The smallest absolute Gasteiger partial charge is 0.413 e. The molecule has 0 saturated heterocycles. The predicted molar refractivity (Wildman–Crippen MR) is 49.4 cm³/mol. The molecule has 0 spiro atoms. The van der Waals surface area contributed by atoms with E-state index in [1.54, 1.807) is 6.92 Å². The summed E-state index contributed by atoms with van der Waals surface area (Å²) in [7, 11) is 0. The number of rotatable bonds is 3. The van der Waals surface area contributed by atoms with Crippen molar-refractivity contribution < 1.29 is 14.5 Å². The van der Waals surface area contributed by atoms with Gasteiger partial charge >= 0.3 is 11.1 Å². The predicted octanol–water partition coefficient (Wildman–Crippen LogP) is 1.62. The molecule has 1 N–H and O–H groups in total. The molecule has 8 heteroatoms. The van der Waals surface area contributed by atoms with E-state index in [0.717, 1.165) is 17.5 Å². The van der Waals surface area contributed by atoms with Crippen molar-refractivity contribution >= 4 is 27.6 Å². The van der Waals surface area contributed by atoms with Crippen LogP contribution >= 0.6 is 11.3 Å². The van der Waals surface area contributed by atoms with Crippen LogP contribution in [0, 0.1) is 10.1 Å². The molecule has 1 aromatic rings. The lowest BCUT2D eigenvalue weighted by molar-refractivity contribution is -0.380. The minimum atomic E-state index is -0.670. The summed E-state index contributed by atoms with van der Waals surface area (Å²) in [5.74, 6) is 0. The second-order valence-electron chi connectivity index (χ2n) is 2.11. The van der Waals surface area contributed by atoms with E-state index in [0.29, 0.717) is 0 Å². The topological polar surface area (TPSA) is 94.4 Å². The number of thiazole rings is 1. The standard InChI is InChI=1S/C6H7N3O4S/c1-2-13-6(10)8-5-7-3-4(14-5)9(11)12/h3H,2H2,1H3,(H,7,8,10). The molecular formula is C6H7N3O4S. The van der Waals surface area contributed by atoms with Crippen molar-refractivity contribution in [2.75, 3.05) is 11.9 Å². The first kappa shape index (κ1) is 10.4. The zero-order valence-electron chi connectivity index (χ0n) is 7.22. The summed E-state index contributed by atoms with van der Waals surface area (Å²) in [6.45, 7) is 1.89. The largest absolute Gasteiger partial charge is 0.450 e. The van der Waals surface area contributed by atoms with E-state index < -0.39 is 11.0 Å². The molecule has 0 unspecified atom stereocenters. The Labute approximate surface area is 82.9 Å². The van der Waals surface area contributed by atoms with Crippen molar-refractivity contribution in [2.45, 2.75) is 6.92 Å². The Morgan fingerprint density at radius 2 is 2.57 bits per heavy atom. The van der Waals surface area contributed by atoms with Crippen molar-refractivity contribution in [3.63, 3.8) is 0 Å². The van der Waals surface area contributed by atoms with Gasteiger partial charge in [0.2, 0.25) is 0 Å². The van der Waals surface area contributed by atoms with Crippen molar-refractivity contribution in [3.05, 3.63) is 16.3 Å². The Morgan fingerprint density at radius 1 is 1.86 bits per heavy atom. The lowest BCUT2D eigenvalue weighted by atomic mass is 10.8. The zero-order valence-corrected chi connectivity index (χ0v) is 8.04. The van der Waals surface area contributed by atoms with Crippen molar-refractivity contribution in [1.82, 2.24) is 4.98 Å². The SMILES string of the molecule is CCOC(=O)Nc1ncc([N+](=O)[O-])s1. The highest BCUT2D eigenvalue weighted by atomic mass is 32.1. The van der Waals surface area contributed by atoms with Gasteiger partial charge in [0.25, 0.3) is 0 Å². The van der Waals surface area contributed by atoms with Crippen LogP contribution in [0.2, 0.25) is 0 Å². The molecule has 0 saturated carbocycles. The summed E-state index contributed by atoms with van der Waals surface area (Å²) in [5.41, 5.74) is 0. The average Bonchev–Trinajstić information content (AvgIpc) is 2.53. The van der Waals surface area contributed by atoms with Crippen LogP contribution in [0.5, 0.6) is 0 Å². The summed E-state index contributed by atoms with van der Waals surface area (Å²) in [6.07, 6.45) is 0.406.